The van der Waals surface area contributed by atoms with Crippen LogP contribution in [0.5, 0.6) is 11.5 Å². The predicted molar refractivity (Wildman–Crippen MR) is 126 cm³/mol. The van der Waals surface area contributed by atoms with Crippen molar-refractivity contribution in [2.45, 2.75) is 12.5 Å². The van der Waals surface area contributed by atoms with Crippen molar-refractivity contribution in [3.8, 4) is 22.6 Å². The van der Waals surface area contributed by atoms with Crippen LogP contribution in [0, 0.1) is 5.82 Å². The predicted octanol–water partition coefficient (Wildman–Crippen LogP) is 3.45. The van der Waals surface area contributed by atoms with Gasteiger partial charge in [-0.15, -0.1) is 0 Å². The first-order chi connectivity index (χ1) is 15.9. The molecule has 1 aromatic heterocycles. The highest BCUT2D eigenvalue weighted by Gasteiger charge is 2.22. The van der Waals surface area contributed by atoms with Gasteiger partial charge in [-0.05, 0) is 51.3 Å². The van der Waals surface area contributed by atoms with Crippen molar-refractivity contribution >= 4 is 11.6 Å². The molecular formula is C24H30FN5O3. The van der Waals surface area contributed by atoms with Crippen LogP contribution in [0.1, 0.15) is 18.0 Å². The van der Waals surface area contributed by atoms with Gasteiger partial charge in [0.15, 0.2) is 0 Å². The summed E-state index contributed by atoms with van der Waals surface area (Å²) in [5, 5.41) is 12.4. The molecule has 0 fully saturated rings. The summed E-state index contributed by atoms with van der Waals surface area (Å²) in [4.78, 5) is 15.2. The molecule has 3 aromatic rings. The minimum absolute atomic E-state index is 0.262. The summed E-state index contributed by atoms with van der Waals surface area (Å²) in [5.74, 6) is 0.190. The summed E-state index contributed by atoms with van der Waals surface area (Å²) < 4.78 is 26.2. The number of methoxy groups -OCH3 is 1. The maximum absolute atomic E-state index is 15.0. The van der Waals surface area contributed by atoms with E-state index in [-0.39, 0.29) is 11.6 Å². The Morgan fingerprint density at radius 1 is 1.27 bits per heavy atom. The molecule has 0 aliphatic heterocycles. The highest BCUT2D eigenvalue weighted by molar-refractivity contribution is 5.97. The number of aromatic amines is 1. The number of anilines is 1. The number of rotatable bonds is 11. The Balaban J connectivity index is 1.87. The van der Waals surface area contributed by atoms with Crippen molar-refractivity contribution in [3.63, 3.8) is 0 Å². The van der Waals surface area contributed by atoms with E-state index in [9.17, 15) is 9.18 Å². The largest absolute Gasteiger partial charge is 0.497 e. The van der Waals surface area contributed by atoms with Crippen LogP contribution >= 0.6 is 0 Å². The average molecular weight is 456 g/mol. The average Bonchev–Trinajstić information content (AvgIpc) is 3.33. The summed E-state index contributed by atoms with van der Waals surface area (Å²) in [6, 6.07) is 9.42. The lowest BCUT2D eigenvalue weighted by Crippen LogP contribution is -2.30. The van der Waals surface area contributed by atoms with Crippen molar-refractivity contribution in [2.75, 3.05) is 46.7 Å². The molecule has 2 aromatic carbocycles. The van der Waals surface area contributed by atoms with Gasteiger partial charge in [-0.3, -0.25) is 9.89 Å². The van der Waals surface area contributed by atoms with Crippen LogP contribution < -0.4 is 20.1 Å². The summed E-state index contributed by atoms with van der Waals surface area (Å²) in [6.45, 7) is 1.26. The summed E-state index contributed by atoms with van der Waals surface area (Å²) in [6.07, 6.45) is 3.92. The first-order valence-corrected chi connectivity index (χ1v) is 10.6. The molecule has 3 rings (SSSR count). The second-order valence-corrected chi connectivity index (χ2v) is 7.81. The number of ether oxygens (including phenoxy) is 2. The lowest BCUT2D eigenvalue weighted by molar-refractivity contribution is -0.118. The van der Waals surface area contributed by atoms with Gasteiger partial charge >= 0.3 is 0 Å². The molecule has 0 saturated heterocycles. The van der Waals surface area contributed by atoms with E-state index in [0.29, 0.717) is 29.2 Å². The van der Waals surface area contributed by atoms with Crippen molar-refractivity contribution in [1.29, 1.82) is 0 Å². The maximum Gasteiger partial charge on any atom is 0.246 e. The van der Waals surface area contributed by atoms with E-state index < -0.39 is 11.9 Å². The van der Waals surface area contributed by atoms with Gasteiger partial charge in [-0.1, -0.05) is 12.1 Å². The number of H-pyrrole nitrogens is 1. The Hall–Kier alpha value is -3.43. The lowest BCUT2D eigenvalue weighted by Gasteiger charge is -2.20. The number of carbonyl (C=O) groups is 1. The molecule has 3 N–H and O–H groups in total. The molecule has 176 valence electrons. The van der Waals surface area contributed by atoms with Crippen molar-refractivity contribution in [1.82, 2.24) is 20.4 Å². The Labute approximate surface area is 193 Å². The fourth-order valence-corrected chi connectivity index (χ4v) is 3.43. The number of carbonyl (C=O) groups excluding carboxylic acids is 1. The smallest absolute Gasteiger partial charge is 0.246 e. The quantitative estimate of drug-likeness (QED) is 0.384. The minimum atomic E-state index is -0.668. The highest BCUT2D eigenvalue weighted by Crippen LogP contribution is 2.34. The van der Waals surface area contributed by atoms with Gasteiger partial charge in [0.2, 0.25) is 5.91 Å². The monoisotopic (exact) mass is 455 g/mol. The first-order valence-electron chi connectivity index (χ1n) is 10.6. The van der Waals surface area contributed by atoms with Crippen molar-refractivity contribution in [3.05, 3.63) is 60.2 Å². The molecule has 0 bridgehead atoms. The maximum atomic E-state index is 15.0. The fourth-order valence-electron chi connectivity index (χ4n) is 3.43. The van der Waals surface area contributed by atoms with Crippen LogP contribution in [0.25, 0.3) is 11.1 Å². The SMILES string of the molecule is CNC(C(=O)Nc1cc(F)c(-c2cn[nH]c2)cc1OCCCN(C)C)c1cccc(OC)c1. The third-order valence-electron chi connectivity index (χ3n) is 5.12. The van der Waals surface area contributed by atoms with E-state index in [1.807, 2.05) is 26.2 Å². The topological polar surface area (TPSA) is 91.5 Å². The second kappa shape index (κ2) is 11.4. The van der Waals surface area contributed by atoms with Crippen LogP contribution in [0.3, 0.4) is 0 Å². The van der Waals surface area contributed by atoms with E-state index >= 15 is 0 Å². The Bertz CT molecular complexity index is 1060. The summed E-state index contributed by atoms with van der Waals surface area (Å²) in [5.41, 5.74) is 1.91. The van der Waals surface area contributed by atoms with Crippen molar-refractivity contribution in [2.24, 2.45) is 0 Å². The Morgan fingerprint density at radius 3 is 2.76 bits per heavy atom. The molecule has 33 heavy (non-hydrogen) atoms. The third kappa shape index (κ3) is 6.30. The van der Waals surface area contributed by atoms with E-state index in [1.165, 1.54) is 12.3 Å². The van der Waals surface area contributed by atoms with Crippen LogP contribution in [-0.4, -0.2) is 62.4 Å². The molecule has 0 spiro atoms. The Kier molecular flexibility index (Phi) is 8.39. The van der Waals surface area contributed by atoms with Crippen LogP contribution in [-0.2, 0) is 4.79 Å². The van der Waals surface area contributed by atoms with E-state index in [4.69, 9.17) is 9.47 Å². The van der Waals surface area contributed by atoms with Crippen molar-refractivity contribution < 1.29 is 18.7 Å². The number of nitrogens with zero attached hydrogens (tertiary/aromatic N) is 2. The number of halogens is 1. The van der Waals surface area contributed by atoms with Gasteiger partial charge in [0.05, 0.1) is 25.6 Å². The molecule has 1 unspecified atom stereocenters. The van der Waals surface area contributed by atoms with E-state index in [2.05, 4.69) is 25.7 Å². The number of likely N-dealkylation sites (N-methyl/N-ethyl adjacent to an activating group) is 1. The van der Waals surface area contributed by atoms with E-state index in [1.54, 1.807) is 38.6 Å². The number of aromatic nitrogens is 2. The van der Waals surface area contributed by atoms with Gasteiger partial charge in [0.1, 0.15) is 23.4 Å². The number of hydrogen-bond acceptors (Lipinski definition) is 6. The number of amides is 1. The molecule has 8 nitrogen and oxygen atoms in total. The molecule has 9 heteroatoms. The summed E-state index contributed by atoms with van der Waals surface area (Å²) >= 11 is 0. The molecule has 1 heterocycles. The zero-order chi connectivity index (χ0) is 23.8. The molecule has 1 atom stereocenters. The molecule has 0 aliphatic rings. The Morgan fingerprint density at radius 2 is 2.09 bits per heavy atom. The molecule has 0 saturated carbocycles. The first kappa shape index (κ1) is 24.2. The van der Waals surface area contributed by atoms with E-state index in [0.717, 1.165) is 18.5 Å². The molecule has 1 amide bonds. The summed E-state index contributed by atoms with van der Waals surface area (Å²) in [7, 11) is 7.22. The number of nitrogens with one attached hydrogen (secondary N) is 3. The zero-order valence-corrected chi connectivity index (χ0v) is 19.3. The van der Waals surface area contributed by atoms with Crippen LogP contribution in [0.4, 0.5) is 10.1 Å². The van der Waals surface area contributed by atoms with Crippen LogP contribution in [0.2, 0.25) is 0 Å². The zero-order valence-electron chi connectivity index (χ0n) is 19.3. The fraction of sp³-hybridized carbons (Fsp3) is 0.333. The molecular weight excluding hydrogens is 425 g/mol. The molecule has 0 aliphatic carbocycles. The minimum Gasteiger partial charge on any atom is -0.497 e. The van der Waals surface area contributed by atoms with Gasteiger partial charge in [-0.25, -0.2) is 4.39 Å². The highest BCUT2D eigenvalue weighted by atomic mass is 19.1. The van der Waals surface area contributed by atoms with Gasteiger partial charge in [0, 0.05) is 29.9 Å². The standard InChI is InChI=1S/C24H30FN5O3/c1-26-23(16-7-5-8-18(11-16)32-4)24(31)29-21-13-20(25)19(17-14-27-28-15-17)12-22(21)33-10-6-9-30(2)3/h5,7-8,11-15,23,26H,6,9-10H2,1-4H3,(H,27,28)(H,29,31). The van der Waals surface area contributed by atoms with Gasteiger partial charge in [0.25, 0.3) is 0 Å². The lowest BCUT2D eigenvalue weighted by atomic mass is 10.0. The second-order valence-electron chi connectivity index (χ2n) is 7.81. The van der Waals surface area contributed by atoms with Gasteiger partial charge < -0.3 is 25.0 Å². The third-order valence-corrected chi connectivity index (χ3v) is 5.12. The molecule has 0 radical (unpaired) electrons. The normalized spacial score (nSPS) is 11.9. The number of hydrogen-bond donors (Lipinski definition) is 3. The number of benzene rings is 2. The van der Waals surface area contributed by atoms with Gasteiger partial charge in [-0.2, -0.15) is 5.10 Å². The van der Waals surface area contributed by atoms with Crippen LogP contribution in [0.15, 0.2) is 48.8 Å².